The van der Waals surface area contributed by atoms with E-state index in [0.717, 1.165) is 26.9 Å². The van der Waals surface area contributed by atoms with Crippen molar-refractivity contribution >= 4 is 27.7 Å². The smallest absolute Gasteiger partial charge is 0.420 e. The molecule has 2 amide bonds. The summed E-state index contributed by atoms with van der Waals surface area (Å²) in [7, 11) is 0. The van der Waals surface area contributed by atoms with E-state index in [1.807, 2.05) is 50.2 Å². The Balaban J connectivity index is 1.37. The van der Waals surface area contributed by atoms with E-state index in [-0.39, 0.29) is 42.7 Å². The fourth-order valence-electron chi connectivity index (χ4n) is 6.01. The average Bonchev–Trinajstić information content (AvgIpc) is 3.41. The predicted molar refractivity (Wildman–Crippen MR) is 191 cm³/mol. The number of hydrogen-bond acceptors (Lipinski definition) is 6. The Bertz CT molecular complexity index is 2180. The Morgan fingerprint density at radius 2 is 1.75 bits per heavy atom. The van der Waals surface area contributed by atoms with Gasteiger partial charge in [0.1, 0.15) is 18.1 Å². The van der Waals surface area contributed by atoms with Gasteiger partial charge >= 0.3 is 11.9 Å². The van der Waals surface area contributed by atoms with Gasteiger partial charge < -0.3 is 20.1 Å². The van der Waals surface area contributed by atoms with Crippen LogP contribution in [0.4, 0.5) is 13.2 Å². The SMILES string of the molecule is Cc1cc(C(=O)N2Cc3c(C(=O)NCc4ccccc4-c4ccccn4)n(-c4ccc(OC[C@](C)(O)C(F)(F)F)cc4)c(=O)n3C[C@H]2C)ccc1Br. The van der Waals surface area contributed by atoms with Crippen molar-refractivity contribution in [3.8, 4) is 22.7 Å². The predicted octanol–water partition coefficient (Wildman–Crippen LogP) is 6.44. The molecule has 0 aliphatic carbocycles. The fraction of sp³-hybridized carbons (Fsp3) is 0.263. The summed E-state index contributed by atoms with van der Waals surface area (Å²) in [5.74, 6) is -0.830. The molecular formula is C38H35BrF3N5O5. The van der Waals surface area contributed by atoms with E-state index < -0.39 is 36.0 Å². The zero-order valence-corrected chi connectivity index (χ0v) is 30.0. The van der Waals surface area contributed by atoms with Crippen molar-refractivity contribution in [1.29, 1.82) is 0 Å². The molecule has 2 atom stereocenters. The van der Waals surface area contributed by atoms with Crippen LogP contribution in [0.3, 0.4) is 0 Å². The Morgan fingerprint density at radius 1 is 1.04 bits per heavy atom. The average molecular weight is 779 g/mol. The first-order valence-corrected chi connectivity index (χ1v) is 17.2. The lowest BCUT2D eigenvalue weighted by molar-refractivity contribution is -0.260. The zero-order valence-electron chi connectivity index (χ0n) is 28.4. The van der Waals surface area contributed by atoms with Gasteiger partial charge in [-0.3, -0.25) is 23.7 Å². The Labute approximate surface area is 305 Å². The monoisotopic (exact) mass is 777 g/mol. The second-order valence-electron chi connectivity index (χ2n) is 12.9. The highest BCUT2D eigenvalue weighted by molar-refractivity contribution is 9.10. The first-order valence-electron chi connectivity index (χ1n) is 16.4. The Morgan fingerprint density at radius 3 is 2.42 bits per heavy atom. The summed E-state index contributed by atoms with van der Waals surface area (Å²) in [4.78, 5) is 48.3. The highest BCUT2D eigenvalue weighted by atomic mass is 79.9. The van der Waals surface area contributed by atoms with Crippen molar-refractivity contribution < 1.29 is 32.6 Å². The quantitative estimate of drug-likeness (QED) is 0.178. The van der Waals surface area contributed by atoms with E-state index in [0.29, 0.717) is 18.2 Å². The van der Waals surface area contributed by atoms with Crippen LogP contribution in [0.5, 0.6) is 5.75 Å². The number of amides is 2. The van der Waals surface area contributed by atoms with Crippen molar-refractivity contribution in [1.82, 2.24) is 24.3 Å². The number of aliphatic hydroxyl groups is 1. The number of alkyl halides is 3. The van der Waals surface area contributed by atoms with Gasteiger partial charge in [0.05, 0.1) is 23.6 Å². The van der Waals surface area contributed by atoms with Crippen LogP contribution in [-0.2, 0) is 19.6 Å². The molecule has 1 aliphatic heterocycles. The summed E-state index contributed by atoms with van der Waals surface area (Å²) in [5.41, 5.74) is 0.609. The molecule has 2 N–H and O–H groups in total. The van der Waals surface area contributed by atoms with E-state index in [1.54, 1.807) is 35.4 Å². The van der Waals surface area contributed by atoms with Gasteiger partial charge in [0.15, 0.2) is 5.60 Å². The molecule has 52 heavy (non-hydrogen) atoms. The summed E-state index contributed by atoms with van der Waals surface area (Å²) in [6.45, 7) is 3.42. The normalized spacial score (nSPS) is 15.5. The lowest BCUT2D eigenvalue weighted by Crippen LogP contribution is -2.47. The number of benzene rings is 3. The number of pyridine rings is 1. The minimum absolute atomic E-state index is 0.00526. The Kier molecular flexibility index (Phi) is 10.1. The number of nitrogens with zero attached hydrogens (tertiary/aromatic N) is 4. The lowest BCUT2D eigenvalue weighted by Gasteiger charge is -2.34. The van der Waals surface area contributed by atoms with Gasteiger partial charge in [-0.1, -0.05) is 46.3 Å². The molecule has 0 fully saturated rings. The highest BCUT2D eigenvalue weighted by Crippen LogP contribution is 2.31. The molecule has 270 valence electrons. The summed E-state index contributed by atoms with van der Waals surface area (Å²) in [6.07, 6.45) is -3.23. The number of carbonyl (C=O) groups is 2. The maximum Gasteiger partial charge on any atom is 0.420 e. The van der Waals surface area contributed by atoms with Gasteiger partial charge in [-0.2, -0.15) is 13.2 Å². The number of halogens is 4. The van der Waals surface area contributed by atoms with Gasteiger partial charge in [0.2, 0.25) is 0 Å². The number of aromatic nitrogens is 3. The second-order valence-corrected chi connectivity index (χ2v) is 13.7. The minimum Gasteiger partial charge on any atom is -0.490 e. The topological polar surface area (TPSA) is 119 Å². The van der Waals surface area contributed by atoms with E-state index in [1.165, 1.54) is 33.4 Å². The third kappa shape index (κ3) is 7.26. The standard InChI is InChI=1S/C38H35BrF3N5O5/c1-23-18-25(11-16-30(23)39)35(49)45-21-32-33(34(48)44-19-26-8-4-5-9-29(26)31-10-6-7-17-43-31)47(36(50)46(32)20-24(45)2)27-12-14-28(15-13-27)52-22-37(3,51)38(40,41)42/h4-18,24,51H,19-22H2,1-3H3,(H,44,48)/t24-,37+/m1/s1. The van der Waals surface area contributed by atoms with Crippen molar-refractivity contribution in [2.24, 2.45) is 0 Å². The van der Waals surface area contributed by atoms with Crippen LogP contribution in [0.2, 0.25) is 0 Å². The number of rotatable bonds is 9. The fourth-order valence-corrected chi connectivity index (χ4v) is 6.25. The highest BCUT2D eigenvalue weighted by Gasteiger charge is 2.50. The van der Waals surface area contributed by atoms with Crippen LogP contribution in [0.15, 0.2) is 100 Å². The third-order valence-corrected chi connectivity index (χ3v) is 9.94. The number of carbonyl (C=O) groups excluding carboxylic acids is 2. The molecule has 3 heterocycles. The van der Waals surface area contributed by atoms with Crippen LogP contribution >= 0.6 is 15.9 Å². The van der Waals surface area contributed by atoms with Crippen molar-refractivity contribution in [3.63, 3.8) is 0 Å². The van der Waals surface area contributed by atoms with Crippen molar-refractivity contribution in [2.75, 3.05) is 6.61 Å². The number of hydrogen-bond donors (Lipinski definition) is 2. The van der Waals surface area contributed by atoms with E-state index in [2.05, 4.69) is 26.2 Å². The first kappa shape index (κ1) is 36.6. The molecule has 2 aromatic heterocycles. The van der Waals surface area contributed by atoms with Crippen LogP contribution < -0.4 is 15.7 Å². The minimum atomic E-state index is -4.91. The first-order chi connectivity index (χ1) is 24.7. The molecule has 14 heteroatoms. The maximum absolute atomic E-state index is 14.3. The molecule has 0 spiro atoms. The van der Waals surface area contributed by atoms with Gasteiger partial charge in [-0.05, 0) is 86.5 Å². The van der Waals surface area contributed by atoms with E-state index in [4.69, 9.17) is 4.74 Å². The third-order valence-electron chi connectivity index (χ3n) is 9.05. The van der Waals surface area contributed by atoms with Gasteiger partial charge in [0.25, 0.3) is 11.8 Å². The van der Waals surface area contributed by atoms with Crippen molar-refractivity contribution in [2.45, 2.75) is 58.2 Å². The summed E-state index contributed by atoms with van der Waals surface area (Å²) in [5, 5.41) is 12.7. The van der Waals surface area contributed by atoms with Crippen LogP contribution in [0.25, 0.3) is 16.9 Å². The largest absolute Gasteiger partial charge is 0.490 e. The molecule has 0 radical (unpaired) electrons. The molecule has 0 saturated carbocycles. The van der Waals surface area contributed by atoms with Gasteiger partial charge in [-0.25, -0.2) is 4.79 Å². The number of nitrogens with one attached hydrogen (secondary N) is 1. The number of fused-ring (bicyclic) bond motifs is 1. The molecule has 5 aromatic rings. The van der Waals surface area contributed by atoms with E-state index in [9.17, 15) is 32.7 Å². The number of imidazole rings is 1. The number of ether oxygens (including phenoxy) is 1. The van der Waals surface area contributed by atoms with Gasteiger partial charge in [-0.15, -0.1) is 0 Å². The summed E-state index contributed by atoms with van der Waals surface area (Å²) >= 11 is 3.47. The summed E-state index contributed by atoms with van der Waals surface area (Å²) in [6, 6.07) is 23.5. The van der Waals surface area contributed by atoms with Gasteiger partial charge in [0, 0.05) is 40.9 Å². The lowest BCUT2D eigenvalue weighted by atomic mass is 10.0. The van der Waals surface area contributed by atoms with Crippen LogP contribution in [0, 0.1) is 6.92 Å². The van der Waals surface area contributed by atoms with Crippen molar-refractivity contribution in [3.05, 3.63) is 134 Å². The van der Waals surface area contributed by atoms with Crippen LogP contribution in [0.1, 0.15) is 51.5 Å². The molecule has 0 saturated heterocycles. The molecular weight excluding hydrogens is 743 g/mol. The second kappa shape index (κ2) is 14.4. The number of aryl methyl sites for hydroxylation is 1. The molecule has 0 bridgehead atoms. The van der Waals surface area contributed by atoms with E-state index >= 15 is 0 Å². The maximum atomic E-state index is 14.3. The molecule has 1 aliphatic rings. The zero-order chi connectivity index (χ0) is 37.4. The molecule has 6 rings (SSSR count). The molecule has 10 nitrogen and oxygen atoms in total. The molecule has 0 unspecified atom stereocenters. The Hall–Kier alpha value is -5.21. The summed E-state index contributed by atoms with van der Waals surface area (Å²) < 4.78 is 48.3. The molecule has 3 aromatic carbocycles. The van der Waals surface area contributed by atoms with Crippen LogP contribution in [-0.4, -0.2) is 60.4 Å².